The molecule has 0 amide bonds. The highest BCUT2D eigenvalue weighted by atomic mass is 16.7. The molecule has 3 aromatic carbocycles. The minimum absolute atomic E-state index is 0.00715. The zero-order valence-corrected chi connectivity index (χ0v) is 18.0. The van der Waals surface area contributed by atoms with Gasteiger partial charge >= 0.3 is 12.3 Å². The van der Waals surface area contributed by atoms with Crippen molar-refractivity contribution in [2.45, 2.75) is 25.0 Å². The van der Waals surface area contributed by atoms with Crippen molar-refractivity contribution in [3.05, 3.63) is 96.6 Å². The summed E-state index contributed by atoms with van der Waals surface area (Å²) < 4.78 is 21.0. The van der Waals surface area contributed by atoms with E-state index in [1.54, 1.807) is 48.5 Å². The summed E-state index contributed by atoms with van der Waals surface area (Å²) in [7, 11) is 0. The Bertz CT molecular complexity index is 965. The second kappa shape index (κ2) is 11.2. The molecule has 2 atom stereocenters. The predicted octanol–water partition coefficient (Wildman–Crippen LogP) is 5.06. The number of hydrogen-bond acceptors (Lipinski definition) is 7. The summed E-state index contributed by atoms with van der Waals surface area (Å²) in [5.74, 6) is 0.862. The van der Waals surface area contributed by atoms with Crippen LogP contribution in [0.25, 0.3) is 0 Å². The third-order valence-corrected chi connectivity index (χ3v) is 5.37. The van der Waals surface area contributed by atoms with E-state index in [2.05, 4.69) is 4.90 Å². The average molecular weight is 447 g/mol. The van der Waals surface area contributed by atoms with Crippen LogP contribution in [0.5, 0.6) is 11.5 Å². The molecule has 1 aliphatic heterocycles. The Morgan fingerprint density at radius 2 is 1.09 bits per heavy atom. The van der Waals surface area contributed by atoms with Gasteiger partial charge in [0, 0.05) is 18.6 Å². The molecule has 0 unspecified atom stereocenters. The lowest BCUT2D eigenvalue weighted by atomic mass is 9.93. The van der Waals surface area contributed by atoms with Crippen molar-refractivity contribution in [2.75, 3.05) is 13.2 Å². The first-order chi connectivity index (χ1) is 16.2. The molecule has 0 radical (unpaired) electrons. The smallest absolute Gasteiger partial charge is 0.432 e. The molecule has 1 saturated heterocycles. The molecule has 1 aliphatic rings. The van der Waals surface area contributed by atoms with E-state index in [-0.39, 0.29) is 25.3 Å². The summed E-state index contributed by atoms with van der Waals surface area (Å²) in [5, 5.41) is 0. The predicted molar refractivity (Wildman–Crippen MR) is 121 cm³/mol. The van der Waals surface area contributed by atoms with Gasteiger partial charge in [-0.1, -0.05) is 66.7 Å². The van der Waals surface area contributed by atoms with E-state index < -0.39 is 12.3 Å². The van der Waals surface area contributed by atoms with Crippen molar-refractivity contribution in [3.8, 4) is 11.5 Å². The standard InChI is InChI=1S/C26H25NO6/c28-25(32-23-12-6-2-7-13-23)30-18-21-16-22(27(21)17-20-10-4-1-5-11-20)19-31-26(29)33-24-14-8-3-9-15-24/h1-15,21-22H,16-19H2/t21-,22-/m1/s1. The molecule has 0 aliphatic carbocycles. The SMILES string of the molecule is O=C(OC[C@H]1C[C@H](COC(=O)Oc2ccccc2)N1Cc1ccccc1)Oc1ccccc1. The molecule has 4 rings (SSSR count). The Kier molecular flexibility index (Phi) is 7.56. The van der Waals surface area contributed by atoms with Crippen molar-refractivity contribution in [1.82, 2.24) is 4.90 Å². The topological polar surface area (TPSA) is 74.3 Å². The van der Waals surface area contributed by atoms with Gasteiger partial charge in [-0.15, -0.1) is 0 Å². The number of nitrogens with zero attached hydrogens (tertiary/aromatic N) is 1. The van der Waals surface area contributed by atoms with Gasteiger partial charge in [-0.05, 0) is 36.2 Å². The van der Waals surface area contributed by atoms with Crippen LogP contribution in [0, 0.1) is 0 Å². The van der Waals surface area contributed by atoms with Crippen LogP contribution in [-0.4, -0.2) is 42.5 Å². The Balaban J connectivity index is 1.29. The Morgan fingerprint density at radius 3 is 1.55 bits per heavy atom. The number of carbonyl (C=O) groups is 2. The number of rotatable bonds is 8. The highest BCUT2D eigenvalue weighted by molar-refractivity contribution is 5.64. The molecule has 0 saturated carbocycles. The van der Waals surface area contributed by atoms with Crippen molar-refractivity contribution in [3.63, 3.8) is 0 Å². The summed E-state index contributed by atoms with van der Waals surface area (Å²) in [6.07, 6.45) is -0.775. The molecule has 0 spiro atoms. The number of ether oxygens (including phenoxy) is 4. The molecule has 3 aromatic rings. The number of hydrogen-bond donors (Lipinski definition) is 0. The summed E-state index contributed by atoms with van der Waals surface area (Å²) in [5.41, 5.74) is 1.12. The Hall–Kier alpha value is -3.84. The Labute approximate surface area is 192 Å². The molecule has 0 bridgehead atoms. The molecule has 7 heteroatoms. The van der Waals surface area contributed by atoms with E-state index in [0.29, 0.717) is 24.5 Å². The maximum absolute atomic E-state index is 12.0. The Morgan fingerprint density at radius 1 is 0.667 bits per heavy atom. The fraction of sp³-hybridized carbons (Fsp3) is 0.231. The van der Waals surface area contributed by atoms with Crippen LogP contribution < -0.4 is 9.47 Å². The maximum Gasteiger partial charge on any atom is 0.513 e. The highest BCUT2D eigenvalue weighted by Crippen LogP contribution is 2.29. The number of carbonyl (C=O) groups excluding carboxylic acids is 2. The van der Waals surface area contributed by atoms with Crippen LogP contribution in [0.2, 0.25) is 0 Å². The summed E-state index contributed by atoms with van der Waals surface area (Å²) in [6.45, 7) is 1.01. The van der Waals surface area contributed by atoms with E-state index in [1.165, 1.54) is 0 Å². The monoisotopic (exact) mass is 447 g/mol. The van der Waals surface area contributed by atoms with E-state index in [9.17, 15) is 9.59 Å². The van der Waals surface area contributed by atoms with Gasteiger partial charge in [0.1, 0.15) is 24.7 Å². The van der Waals surface area contributed by atoms with Gasteiger partial charge in [0.15, 0.2) is 0 Å². The molecule has 1 heterocycles. The van der Waals surface area contributed by atoms with Gasteiger partial charge in [-0.25, -0.2) is 9.59 Å². The molecule has 1 fully saturated rings. The molecule has 170 valence electrons. The lowest BCUT2D eigenvalue weighted by Gasteiger charge is -2.47. The van der Waals surface area contributed by atoms with E-state index in [1.807, 2.05) is 42.5 Å². The molecule has 33 heavy (non-hydrogen) atoms. The van der Waals surface area contributed by atoms with Gasteiger partial charge in [-0.2, -0.15) is 0 Å². The minimum atomic E-state index is -0.744. The van der Waals surface area contributed by atoms with Crippen LogP contribution >= 0.6 is 0 Å². The molecule has 0 N–H and O–H groups in total. The lowest BCUT2D eigenvalue weighted by molar-refractivity contribution is -0.0604. The fourth-order valence-electron chi connectivity index (χ4n) is 3.68. The van der Waals surface area contributed by atoms with E-state index in [4.69, 9.17) is 18.9 Å². The highest BCUT2D eigenvalue weighted by Gasteiger charge is 2.40. The third kappa shape index (κ3) is 6.57. The average Bonchev–Trinajstić information content (AvgIpc) is 2.83. The fourth-order valence-corrected chi connectivity index (χ4v) is 3.68. The first-order valence-electron chi connectivity index (χ1n) is 10.8. The van der Waals surface area contributed by atoms with Crippen molar-refractivity contribution < 1.29 is 28.5 Å². The molecular formula is C26H25NO6. The zero-order valence-electron chi connectivity index (χ0n) is 18.0. The first-order valence-corrected chi connectivity index (χ1v) is 10.8. The molecular weight excluding hydrogens is 422 g/mol. The van der Waals surface area contributed by atoms with E-state index >= 15 is 0 Å². The zero-order chi connectivity index (χ0) is 22.9. The van der Waals surface area contributed by atoms with Crippen LogP contribution in [-0.2, 0) is 16.0 Å². The summed E-state index contributed by atoms with van der Waals surface area (Å²) >= 11 is 0. The van der Waals surface area contributed by atoms with Gasteiger partial charge in [0.25, 0.3) is 0 Å². The van der Waals surface area contributed by atoms with Gasteiger partial charge in [0.05, 0.1) is 0 Å². The number of likely N-dealkylation sites (tertiary alicyclic amines) is 1. The number of para-hydroxylation sites is 2. The lowest BCUT2D eigenvalue weighted by Crippen LogP contribution is -2.59. The second-order valence-electron chi connectivity index (χ2n) is 7.65. The van der Waals surface area contributed by atoms with Crippen LogP contribution in [0.1, 0.15) is 12.0 Å². The van der Waals surface area contributed by atoms with Crippen molar-refractivity contribution in [2.24, 2.45) is 0 Å². The molecule has 0 aromatic heterocycles. The van der Waals surface area contributed by atoms with Gasteiger partial charge in [-0.3, -0.25) is 4.90 Å². The first kappa shape index (κ1) is 22.4. The molecule has 7 nitrogen and oxygen atoms in total. The summed E-state index contributed by atoms with van der Waals surface area (Å²) in [4.78, 5) is 26.2. The van der Waals surface area contributed by atoms with E-state index in [0.717, 1.165) is 5.56 Å². The second-order valence-corrected chi connectivity index (χ2v) is 7.65. The van der Waals surface area contributed by atoms with Crippen LogP contribution in [0.3, 0.4) is 0 Å². The van der Waals surface area contributed by atoms with Gasteiger partial charge < -0.3 is 18.9 Å². The van der Waals surface area contributed by atoms with Crippen molar-refractivity contribution >= 4 is 12.3 Å². The van der Waals surface area contributed by atoms with Crippen molar-refractivity contribution in [1.29, 1.82) is 0 Å². The van der Waals surface area contributed by atoms with Gasteiger partial charge in [0.2, 0.25) is 0 Å². The number of benzene rings is 3. The normalized spacial score (nSPS) is 17.5. The summed E-state index contributed by atoms with van der Waals surface area (Å²) in [6, 6.07) is 27.5. The maximum atomic E-state index is 12.0. The largest absolute Gasteiger partial charge is 0.513 e. The quantitative estimate of drug-likeness (QED) is 0.353. The van der Waals surface area contributed by atoms with Crippen LogP contribution in [0.4, 0.5) is 9.59 Å². The third-order valence-electron chi connectivity index (χ3n) is 5.37. The van der Waals surface area contributed by atoms with Crippen LogP contribution in [0.15, 0.2) is 91.0 Å². The minimum Gasteiger partial charge on any atom is -0.432 e.